The van der Waals surface area contributed by atoms with Gasteiger partial charge in [0, 0.05) is 0 Å². The van der Waals surface area contributed by atoms with Crippen LogP contribution in [0, 0.1) is 0 Å². The normalized spacial score (nSPS) is 29.1. The van der Waals surface area contributed by atoms with Crippen LogP contribution in [0.15, 0.2) is 6.33 Å². The third kappa shape index (κ3) is 2.08. The molecule has 4 atom stereocenters. The standard InChI is InChI=1S/C11H15N5O5/c1-20-9-5-8(14-11(12)15-9)16(3-13-5)10-7(19)6(18)4(2-17)21-10/h3-4,6-7,10,17-19H,2H2,1H3,(H2,12,14,15)/t4-,6-,7+,10-/m0/s1. The lowest BCUT2D eigenvalue weighted by atomic mass is 10.1. The van der Waals surface area contributed by atoms with Gasteiger partial charge in [-0.3, -0.25) is 4.57 Å². The van der Waals surface area contributed by atoms with Crippen molar-refractivity contribution >= 4 is 17.1 Å². The maximum absolute atomic E-state index is 10.0. The molecule has 2 aromatic heterocycles. The molecule has 0 spiro atoms. The summed E-state index contributed by atoms with van der Waals surface area (Å²) < 4.78 is 11.9. The van der Waals surface area contributed by atoms with Crippen LogP contribution in [0.2, 0.25) is 0 Å². The second kappa shape index (κ2) is 5.07. The Hall–Kier alpha value is -2.01. The molecule has 0 bridgehead atoms. The topological polar surface area (TPSA) is 149 Å². The Kier molecular flexibility index (Phi) is 3.37. The maximum atomic E-state index is 10.0. The smallest absolute Gasteiger partial charge is 0.246 e. The van der Waals surface area contributed by atoms with E-state index in [0.717, 1.165) is 0 Å². The molecular weight excluding hydrogens is 282 g/mol. The number of methoxy groups -OCH3 is 1. The number of aliphatic hydroxyl groups is 3. The van der Waals surface area contributed by atoms with Crippen LogP contribution >= 0.6 is 0 Å². The monoisotopic (exact) mass is 297 g/mol. The number of nitrogens with zero attached hydrogens (tertiary/aromatic N) is 4. The summed E-state index contributed by atoms with van der Waals surface area (Å²) in [6.07, 6.45) is -2.90. The van der Waals surface area contributed by atoms with Crippen molar-refractivity contribution in [2.75, 3.05) is 19.5 Å². The quantitative estimate of drug-likeness (QED) is 0.506. The average Bonchev–Trinajstić information content (AvgIpc) is 3.01. The summed E-state index contributed by atoms with van der Waals surface area (Å²) in [5.41, 5.74) is 6.26. The van der Waals surface area contributed by atoms with E-state index in [1.807, 2.05) is 0 Å². The molecule has 10 heteroatoms. The SMILES string of the molecule is COc1nc(N)nc2c1ncn2[C@H]1O[C@@H](CO)[C@H](O)[C@H]1O. The highest BCUT2D eigenvalue weighted by atomic mass is 16.6. The summed E-state index contributed by atoms with van der Waals surface area (Å²) >= 11 is 0. The van der Waals surface area contributed by atoms with Crippen LogP contribution in [-0.2, 0) is 4.74 Å². The van der Waals surface area contributed by atoms with Crippen LogP contribution < -0.4 is 10.5 Å². The number of rotatable bonds is 3. The van der Waals surface area contributed by atoms with Gasteiger partial charge in [-0.15, -0.1) is 0 Å². The molecular formula is C11H15N5O5. The Bertz CT molecular complexity index is 662. The number of fused-ring (bicyclic) bond motifs is 1. The van der Waals surface area contributed by atoms with E-state index >= 15 is 0 Å². The molecule has 1 fully saturated rings. The molecule has 1 aliphatic heterocycles. The van der Waals surface area contributed by atoms with Gasteiger partial charge in [0.2, 0.25) is 11.8 Å². The molecule has 0 saturated carbocycles. The predicted octanol–water partition coefficient (Wildman–Crippen LogP) is -1.97. The molecule has 2 aromatic rings. The largest absolute Gasteiger partial charge is 0.479 e. The third-order valence-corrected chi connectivity index (χ3v) is 3.39. The maximum Gasteiger partial charge on any atom is 0.246 e. The molecule has 3 heterocycles. The first-order chi connectivity index (χ1) is 10.1. The van der Waals surface area contributed by atoms with Gasteiger partial charge in [0.1, 0.15) is 18.3 Å². The second-order valence-corrected chi connectivity index (χ2v) is 4.64. The van der Waals surface area contributed by atoms with Gasteiger partial charge in [0.25, 0.3) is 0 Å². The fourth-order valence-corrected chi connectivity index (χ4v) is 2.35. The van der Waals surface area contributed by atoms with Crippen molar-refractivity contribution in [3.8, 4) is 5.88 Å². The summed E-state index contributed by atoms with van der Waals surface area (Å²) in [6, 6.07) is 0. The number of nitrogens with two attached hydrogens (primary N) is 1. The van der Waals surface area contributed by atoms with Gasteiger partial charge in [-0.05, 0) is 0 Å². The first kappa shape index (κ1) is 13.9. The molecule has 21 heavy (non-hydrogen) atoms. The number of hydrogen-bond donors (Lipinski definition) is 4. The number of imidazole rings is 1. The van der Waals surface area contributed by atoms with Crippen LogP contribution in [0.25, 0.3) is 11.2 Å². The molecule has 5 N–H and O–H groups in total. The molecule has 0 amide bonds. The number of nitrogen functional groups attached to an aromatic ring is 1. The molecule has 3 rings (SSSR count). The fourth-order valence-electron chi connectivity index (χ4n) is 2.35. The van der Waals surface area contributed by atoms with E-state index < -0.39 is 31.1 Å². The minimum atomic E-state index is -1.23. The van der Waals surface area contributed by atoms with E-state index in [9.17, 15) is 10.2 Å². The van der Waals surface area contributed by atoms with Crippen LogP contribution in [0.3, 0.4) is 0 Å². The number of ether oxygens (including phenoxy) is 2. The average molecular weight is 297 g/mol. The Morgan fingerprint density at radius 1 is 1.38 bits per heavy atom. The van der Waals surface area contributed by atoms with Gasteiger partial charge in [0.15, 0.2) is 17.4 Å². The van der Waals surface area contributed by atoms with E-state index in [1.165, 1.54) is 18.0 Å². The van der Waals surface area contributed by atoms with Crippen molar-refractivity contribution < 1.29 is 24.8 Å². The summed E-state index contributed by atoms with van der Waals surface area (Å²) in [4.78, 5) is 12.1. The van der Waals surface area contributed by atoms with Crippen molar-refractivity contribution in [1.29, 1.82) is 0 Å². The van der Waals surface area contributed by atoms with Gasteiger partial charge in [0.05, 0.1) is 20.0 Å². The summed E-state index contributed by atoms with van der Waals surface area (Å²) in [7, 11) is 1.42. The second-order valence-electron chi connectivity index (χ2n) is 4.64. The van der Waals surface area contributed by atoms with E-state index in [0.29, 0.717) is 11.2 Å². The van der Waals surface area contributed by atoms with Crippen LogP contribution in [0.1, 0.15) is 6.23 Å². The first-order valence-electron chi connectivity index (χ1n) is 6.23. The highest BCUT2D eigenvalue weighted by Crippen LogP contribution is 2.32. The summed E-state index contributed by atoms with van der Waals surface area (Å²) in [5, 5.41) is 29.0. The molecule has 0 unspecified atom stereocenters. The van der Waals surface area contributed by atoms with E-state index in [-0.39, 0.29) is 11.8 Å². The van der Waals surface area contributed by atoms with Crippen LogP contribution in [-0.4, -0.2) is 66.9 Å². The number of anilines is 1. The Morgan fingerprint density at radius 2 is 2.14 bits per heavy atom. The molecule has 1 saturated heterocycles. The van der Waals surface area contributed by atoms with E-state index in [1.54, 1.807) is 0 Å². The Labute approximate surface area is 118 Å². The fraction of sp³-hybridized carbons (Fsp3) is 0.545. The minimum Gasteiger partial charge on any atom is -0.479 e. The van der Waals surface area contributed by atoms with Gasteiger partial charge in [-0.25, -0.2) is 4.98 Å². The van der Waals surface area contributed by atoms with Gasteiger partial charge >= 0.3 is 0 Å². The lowest BCUT2D eigenvalue weighted by Crippen LogP contribution is -2.33. The van der Waals surface area contributed by atoms with E-state index in [4.69, 9.17) is 20.3 Å². The third-order valence-electron chi connectivity index (χ3n) is 3.39. The van der Waals surface area contributed by atoms with Gasteiger partial charge < -0.3 is 30.5 Å². The molecule has 114 valence electrons. The highest BCUT2D eigenvalue weighted by Gasteiger charge is 2.44. The lowest BCUT2D eigenvalue weighted by molar-refractivity contribution is -0.0511. The lowest BCUT2D eigenvalue weighted by Gasteiger charge is -2.16. The van der Waals surface area contributed by atoms with Gasteiger partial charge in [-0.2, -0.15) is 9.97 Å². The molecule has 0 aliphatic carbocycles. The van der Waals surface area contributed by atoms with E-state index in [2.05, 4.69) is 15.0 Å². The summed E-state index contributed by atoms with van der Waals surface area (Å²) in [5.74, 6) is 0.177. The number of aliphatic hydroxyl groups excluding tert-OH is 3. The van der Waals surface area contributed by atoms with Crippen LogP contribution in [0.4, 0.5) is 5.95 Å². The molecule has 0 aromatic carbocycles. The Morgan fingerprint density at radius 3 is 2.76 bits per heavy atom. The molecule has 0 radical (unpaired) electrons. The number of aromatic nitrogens is 4. The first-order valence-corrected chi connectivity index (χ1v) is 6.23. The minimum absolute atomic E-state index is 0.0205. The van der Waals surface area contributed by atoms with Crippen molar-refractivity contribution in [2.24, 2.45) is 0 Å². The van der Waals surface area contributed by atoms with Crippen molar-refractivity contribution in [3.63, 3.8) is 0 Å². The summed E-state index contributed by atoms with van der Waals surface area (Å²) in [6.45, 7) is -0.415. The molecule has 1 aliphatic rings. The Balaban J connectivity index is 2.07. The molecule has 10 nitrogen and oxygen atoms in total. The zero-order valence-electron chi connectivity index (χ0n) is 11.1. The zero-order chi connectivity index (χ0) is 15.1. The van der Waals surface area contributed by atoms with Crippen molar-refractivity contribution in [1.82, 2.24) is 19.5 Å². The van der Waals surface area contributed by atoms with Crippen molar-refractivity contribution in [2.45, 2.75) is 24.5 Å². The van der Waals surface area contributed by atoms with Crippen LogP contribution in [0.5, 0.6) is 5.88 Å². The highest BCUT2D eigenvalue weighted by molar-refractivity contribution is 5.77. The zero-order valence-corrected chi connectivity index (χ0v) is 11.1. The number of hydrogen-bond acceptors (Lipinski definition) is 9. The predicted molar refractivity (Wildman–Crippen MR) is 69.3 cm³/mol. The van der Waals surface area contributed by atoms with Gasteiger partial charge in [-0.1, -0.05) is 0 Å². The van der Waals surface area contributed by atoms with Crippen molar-refractivity contribution in [3.05, 3.63) is 6.33 Å².